The molecule has 2 saturated carbocycles. The molecule has 0 heterocycles. The summed E-state index contributed by atoms with van der Waals surface area (Å²) in [6.07, 6.45) is 0.988. The Labute approximate surface area is 112 Å². The number of ketones is 1. The largest absolute Gasteiger partial charge is 0.393 e. The van der Waals surface area contributed by atoms with E-state index >= 15 is 0 Å². The SMILES string of the molecule is [2H]OC1CCC(C(=O)C2CCC(O[2H])C(O[2H])C2O[2H])CC1. The molecule has 0 bridgehead atoms. The van der Waals surface area contributed by atoms with E-state index in [0.29, 0.717) is 38.5 Å². The van der Waals surface area contributed by atoms with Crippen molar-refractivity contribution in [2.75, 3.05) is 0 Å². The summed E-state index contributed by atoms with van der Waals surface area (Å²) in [6, 6.07) is 0. The van der Waals surface area contributed by atoms with E-state index in [-0.39, 0.29) is 17.8 Å². The van der Waals surface area contributed by atoms with Crippen LogP contribution in [0.5, 0.6) is 0 Å². The maximum atomic E-state index is 12.7. The molecule has 4 N–H and O–H groups in total. The van der Waals surface area contributed by atoms with Crippen LogP contribution in [0.3, 0.4) is 0 Å². The lowest BCUT2D eigenvalue weighted by Gasteiger charge is -2.36. The van der Waals surface area contributed by atoms with Gasteiger partial charge in [0.1, 0.15) is 11.9 Å². The minimum absolute atomic E-state index is 0.0196. The molecule has 2 fully saturated rings. The van der Waals surface area contributed by atoms with Gasteiger partial charge in [0.25, 0.3) is 0 Å². The summed E-state index contributed by atoms with van der Waals surface area (Å²) in [6.45, 7) is 0. The number of carbonyl (C=O) groups is 1. The van der Waals surface area contributed by atoms with Crippen LogP contribution in [0.1, 0.15) is 38.5 Å². The van der Waals surface area contributed by atoms with Crippen LogP contribution in [-0.2, 0) is 4.79 Å². The number of aliphatic hydroxyl groups excluding tert-OH is 4. The van der Waals surface area contributed by atoms with Crippen LogP contribution in [0.2, 0.25) is 0 Å². The second kappa shape index (κ2) is 5.65. The van der Waals surface area contributed by atoms with Gasteiger partial charge in [0.15, 0.2) is 0 Å². The molecule has 2 aliphatic rings. The van der Waals surface area contributed by atoms with E-state index in [2.05, 4.69) is 20.4 Å². The van der Waals surface area contributed by atoms with Crippen LogP contribution in [0.15, 0.2) is 0 Å². The van der Waals surface area contributed by atoms with Crippen molar-refractivity contribution in [1.82, 2.24) is 0 Å². The van der Waals surface area contributed by atoms with Gasteiger partial charge in [0.2, 0.25) is 5.72 Å². The average Bonchev–Trinajstić information content (AvgIpc) is 2.59. The van der Waals surface area contributed by atoms with E-state index in [0.717, 1.165) is 0 Å². The maximum absolute atomic E-state index is 12.7. The zero-order chi connectivity index (χ0) is 16.1. The highest BCUT2D eigenvalue weighted by molar-refractivity contribution is 5.84. The van der Waals surface area contributed by atoms with Gasteiger partial charge in [-0.2, -0.15) is 0 Å². The van der Waals surface area contributed by atoms with Gasteiger partial charge < -0.3 is 20.4 Å². The molecule has 4 atom stereocenters. The molecule has 4 unspecified atom stereocenters. The summed E-state index contributed by atoms with van der Waals surface area (Å²) in [5.41, 5.74) is 0. The fraction of sp³-hybridized carbons (Fsp3) is 0.923. The zero-order valence-electron chi connectivity index (χ0n) is 14.2. The van der Waals surface area contributed by atoms with E-state index in [4.69, 9.17) is 5.72 Å². The van der Waals surface area contributed by atoms with Gasteiger partial charge in [-0.1, -0.05) is 0 Å². The lowest BCUT2D eigenvalue weighted by Crippen LogP contribution is -2.50. The van der Waals surface area contributed by atoms with Crippen molar-refractivity contribution in [2.45, 2.75) is 62.9 Å². The van der Waals surface area contributed by atoms with E-state index in [9.17, 15) is 4.79 Å². The number of hydrogen-bond donors (Lipinski definition) is 4. The molecule has 2 rings (SSSR count). The fourth-order valence-electron chi connectivity index (χ4n) is 3.07. The molecular weight excluding hydrogens is 236 g/mol. The molecule has 0 radical (unpaired) electrons. The predicted molar refractivity (Wildman–Crippen MR) is 63.7 cm³/mol. The minimum atomic E-state index is -0.911. The Bertz CT molecular complexity index is 364. The highest BCUT2D eigenvalue weighted by atomic mass is 16.4. The third-order valence-corrected chi connectivity index (χ3v) is 4.29. The van der Waals surface area contributed by atoms with Crippen molar-refractivity contribution in [2.24, 2.45) is 11.8 Å². The van der Waals surface area contributed by atoms with E-state index in [1.165, 1.54) is 0 Å². The van der Waals surface area contributed by atoms with Crippen molar-refractivity contribution in [3.63, 3.8) is 0 Å². The first-order chi connectivity index (χ1) is 10.7. The third-order valence-electron chi connectivity index (χ3n) is 4.29. The molecule has 5 heteroatoms. The molecule has 0 amide bonds. The van der Waals surface area contributed by atoms with Crippen LogP contribution in [-0.4, -0.2) is 56.4 Å². The van der Waals surface area contributed by atoms with Gasteiger partial charge in [0.05, 0.1) is 18.3 Å². The van der Waals surface area contributed by atoms with Crippen LogP contribution in [0, 0.1) is 11.8 Å². The molecule has 2 aliphatic carbocycles. The second-order valence-corrected chi connectivity index (χ2v) is 5.53. The molecule has 0 spiro atoms. The number of aliphatic hydroxyl groups is 4. The Morgan fingerprint density at radius 1 is 0.889 bits per heavy atom. The monoisotopic (exact) mass is 262 g/mol. The summed E-state index contributed by atoms with van der Waals surface area (Å²) in [7, 11) is 0. The highest BCUT2D eigenvalue weighted by Crippen LogP contribution is 2.33. The Morgan fingerprint density at radius 2 is 1.67 bits per heavy atom. The van der Waals surface area contributed by atoms with E-state index in [1.54, 1.807) is 0 Å². The van der Waals surface area contributed by atoms with Crippen LogP contribution in [0.4, 0.5) is 0 Å². The Morgan fingerprint density at radius 3 is 2.28 bits per heavy atom. The molecule has 0 saturated heterocycles. The molecule has 0 aromatic carbocycles. The first kappa shape index (κ1) is 9.42. The number of rotatable bonds is 6. The lowest BCUT2D eigenvalue weighted by molar-refractivity contribution is -0.148. The first-order valence-corrected chi connectivity index (χ1v) is 6.67. The predicted octanol–water partition coefficient (Wildman–Crippen LogP) is -0.401. The summed E-state index contributed by atoms with van der Waals surface area (Å²) in [4.78, 5) is 12.7. The quantitative estimate of drug-likeness (QED) is 0.522. The third kappa shape index (κ3) is 2.74. The fourth-order valence-corrected chi connectivity index (χ4v) is 3.07. The van der Waals surface area contributed by atoms with Gasteiger partial charge in [-0.05, 0) is 38.5 Å². The van der Waals surface area contributed by atoms with Crippen LogP contribution >= 0.6 is 0 Å². The minimum Gasteiger partial charge on any atom is -0.393 e. The molecule has 18 heavy (non-hydrogen) atoms. The van der Waals surface area contributed by atoms with Crippen molar-refractivity contribution in [3.05, 3.63) is 0 Å². The normalized spacial score (nSPS) is 48.7. The number of Topliss-reactive ketones (excluding diaryl/α,β-unsaturated/α-hetero) is 1. The van der Waals surface area contributed by atoms with Gasteiger partial charge in [-0.3, -0.25) is 4.79 Å². The second-order valence-electron chi connectivity index (χ2n) is 5.53. The topological polar surface area (TPSA) is 98.0 Å². The van der Waals surface area contributed by atoms with Gasteiger partial charge >= 0.3 is 0 Å². The van der Waals surface area contributed by atoms with Crippen molar-refractivity contribution >= 4 is 5.78 Å². The number of carbonyl (C=O) groups excluding carboxylic acids is 1. The summed E-state index contributed by atoms with van der Waals surface area (Å²) in [5, 5.41) is 18.3. The van der Waals surface area contributed by atoms with Gasteiger partial charge in [-0.15, -0.1) is 0 Å². The molecule has 104 valence electrons. The molecule has 0 aromatic heterocycles. The molecule has 0 aromatic rings. The maximum Gasteiger partial charge on any atom is 0.211 e. The zero-order valence-corrected chi connectivity index (χ0v) is 10.2. The Kier molecular flexibility index (Phi) is 2.96. The van der Waals surface area contributed by atoms with Gasteiger partial charge in [-0.25, -0.2) is 0 Å². The molecular formula is C13H22O5. The standard InChI is InChI=1S/C13H22O5/c14-8-3-1-7(2-4-8)11(16)9-5-6-10(15)13(18)12(9)17/h7-10,12-15,17-18H,1-6H2/i14D,15D,17D,18D. The summed E-state index contributed by atoms with van der Waals surface area (Å²) < 4.78 is 28.3. The Balaban J connectivity index is 2.02. The van der Waals surface area contributed by atoms with Gasteiger partial charge in [0, 0.05) is 11.8 Å². The molecule has 0 aliphatic heterocycles. The van der Waals surface area contributed by atoms with Crippen molar-refractivity contribution < 1.29 is 25.2 Å². The van der Waals surface area contributed by atoms with Crippen LogP contribution < -0.4 is 0 Å². The lowest BCUT2D eigenvalue weighted by atomic mass is 9.73. The van der Waals surface area contributed by atoms with Crippen LogP contribution in [0.25, 0.3) is 0 Å². The summed E-state index contributed by atoms with van der Waals surface area (Å²) >= 11 is 0. The van der Waals surface area contributed by atoms with E-state index < -0.39 is 24.2 Å². The van der Waals surface area contributed by atoms with Crippen molar-refractivity contribution in [1.29, 1.82) is 5.72 Å². The average molecular weight is 262 g/mol. The smallest absolute Gasteiger partial charge is 0.211 e. The Hall–Kier alpha value is -0.490. The number of hydrogen-bond acceptors (Lipinski definition) is 5. The first-order valence-electron chi connectivity index (χ1n) is 8.31. The highest BCUT2D eigenvalue weighted by Gasteiger charge is 2.42. The van der Waals surface area contributed by atoms with Crippen molar-refractivity contribution in [3.8, 4) is 0 Å². The van der Waals surface area contributed by atoms with E-state index in [1.807, 2.05) is 0 Å². The molecule has 5 nitrogen and oxygen atoms in total. The summed E-state index contributed by atoms with van der Waals surface area (Å²) in [5.74, 6) is -0.627.